The van der Waals surface area contributed by atoms with E-state index in [9.17, 15) is 14.4 Å². The van der Waals surface area contributed by atoms with E-state index in [0.29, 0.717) is 16.6 Å². The van der Waals surface area contributed by atoms with E-state index < -0.39 is 17.5 Å². The van der Waals surface area contributed by atoms with E-state index in [1.165, 1.54) is 0 Å². The van der Waals surface area contributed by atoms with Crippen molar-refractivity contribution in [2.75, 3.05) is 5.73 Å². The molecule has 3 rings (SSSR count). The maximum absolute atomic E-state index is 12.3. The van der Waals surface area contributed by atoms with Crippen molar-refractivity contribution in [2.45, 2.75) is 18.9 Å². The second kappa shape index (κ2) is 4.41. The quantitative estimate of drug-likeness (QED) is 0.526. The van der Waals surface area contributed by atoms with Gasteiger partial charge in [0.15, 0.2) is 0 Å². The first-order valence-corrected chi connectivity index (χ1v) is 6.04. The lowest BCUT2D eigenvalue weighted by Gasteiger charge is -2.21. The summed E-state index contributed by atoms with van der Waals surface area (Å²) in [5, 5.41) is 10.2. The summed E-state index contributed by atoms with van der Waals surface area (Å²) in [5.74, 6) is -0.881. The van der Waals surface area contributed by atoms with Gasteiger partial charge >= 0.3 is 0 Å². The number of hydrogen-bond acceptors (Lipinski definition) is 6. The van der Waals surface area contributed by atoms with Crippen LogP contribution in [0.25, 0.3) is 10.9 Å². The molecule has 1 saturated heterocycles. The molecule has 0 aliphatic carbocycles. The number of imide groups is 1. The van der Waals surface area contributed by atoms with Gasteiger partial charge in [-0.05, 0) is 24.6 Å². The number of carbonyl (C=O) groups excluding carboxylic acids is 2. The summed E-state index contributed by atoms with van der Waals surface area (Å²) in [5.41, 5.74) is 6.04. The highest BCUT2D eigenvalue weighted by Gasteiger charge is 2.30. The Bertz CT molecular complexity index is 782. The van der Waals surface area contributed by atoms with Crippen LogP contribution in [0.2, 0.25) is 0 Å². The zero-order valence-corrected chi connectivity index (χ0v) is 10.4. The van der Waals surface area contributed by atoms with Crippen molar-refractivity contribution >= 4 is 28.4 Å². The minimum atomic E-state index is -0.811. The molecule has 8 heteroatoms. The third kappa shape index (κ3) is 1.91. The van der Waals surface area contributed by atoms with Crippen LogP contribution in [0.5, 0.6) is 0 Å². The molecule has 0 saturated carbocycles. The molecule has 0 spiro atoms. The lowest BCUT2D eigenvalue weighted by Crippen LogP contribution is -2.45. The van der Waals surface area contributed by atoms with Crippen molar-refractivity contribution in [2.24, 2.45) is 0 Å². The molecule has 1 aromatic carbocycles. The van der Waals surface area contributed by atoms with Crippen molar-refractivity contribution < 1.29 is 9.59 Å². The molecule has 1 atom stereocenters. The number of piperidine rings is 1. The van der Waals surface area contributed by atoms with Crippen LogP contribution in [0.15, 0.2) is 23.0 Å². The van der Waals surface area contributed by atoms with Gasteiger partial charge in [0.1, 0.15) is 11.6 Å². The van der Waals surface area contributed by atoms with E-state index in [2.05, 4.69) is 15.6 Å². The standard InChI is InChI=1S/C12H11N5O3/c13-6-1-2-7-8(5-6)15-16-17(12(7)20)9-3-4-10(18)14-11(9)19/h1-2,5,9H,3-4,13H2,(H,14,18,19). The van der Waals surface area contributed by atoms with Gasteiger partial charge < -0.3 is 5.73 Å². The fraction of sp³-hybridized carbons (Fsp3) is 0.250. The Labute approximate surface area is 112 Å². The van der Waals surface area contributed by atoms with Gasteiger partial charge in [0.05, 0.1) is 5.39 Å². The molecule has 1 aromatic heterocycles. The first kappa shape index (κ1) is 12.3. The lowest BCUT2D eigenvalue weighted by molar-refractivity contribution is -0.136. The monoisotopic (exact) mass is 273 g/mol. The summed E-state index contributed by atoms with van der Waals surface area (Å²) >= 11 is 0. The van der Waals surface area contributed by atoms with Gasteiger partial charge in [-0.2, -0.15) is 4.68 Å². The van der Waals surface area contributed by atoms with Gasteiger partial charge in [-0.3, -0.25) is 19.7 Å². The topological polar surface area (TPSA) is 120 Å². The Morgan fingerprint density at radius 3 is 2.85 bits per heavy atom. The number of anilines is 1. The first-order valence-electron chi connectivity index (χ1n) is 6.04. The molecular weight excluding hydrogens is 262 g/mol. The summed E-state index contributed by atoms with van der Waals surface area (Å²) in [6.07, 6.45) is 0.407. The third-order valence-electron chi connectivity index (χ3n) is 3.21. The number of nitrogens with two attached hydrogens (primary N) is 1. The Kier molecular flexibility index (Phi) is 2.70. The number of nitrogens with zero attached hydrogens (tertiary/aromatic N) is 3. The molecular formula is C12H11N5O3. The normalized spacial score (nSPS) is 19.1. The van der Waals surface area contributed by atoms with Crippen LogP contribution in [0.1, 0.15) is 18.9 Å². The highest BCUT2D eigenvalue weighted by Crippen LogP contribution is 2.17. The van der Waals surface area contributed by atoms with Gasteiger partial charge in [0, 0.05) is 12.1 Å². The van der Waals surface area contributed by atoms with E-state index in [1.54, 1.807) is 18.2 Å². The molecule has 2 aromatic rings. The number of nitrogen functional groups attached to an aromatic ring is 1. The zero-order valence-electron chi connectivity index (χ0n) is 10.4. The van der Waals surface area contributed by atoms with Crippen LogP contribution < -0.4 is 16.6 Å². The van der Waals surface area contributed by atoms with Crippen LogP contribution in [0.3, 0.4) is 0 Å². The second-order valence-corrected chi connectivity index (χ2v) is 4.58. The largest absolute Gasteiger partial charge is 0.399 e. The minimum Gasteiger partial charge on any atom is -0.399 e. The predicted octanol–water partition coefficient (Wildman–Crippen LogP) is -0.649. The van der Waals surface area contributed by atoms with Crippen LogP contribution in [-0.4, -0.2) is 26.8 Å². The SMILES string of the molecule is Nc1ccc2c(=O)n(C3CCC(=O)NC3=O)nnc2c1. The number of fused-ring (bicyclic) bond motifs is 1. The smallest absolute Gasteiger partial charge is 0.278 e. The summed E-state index contributed by atoms with van der Waals surface area (Å²) in [7, 11) is 0. The maximum atomic E-state index is 12.3. The number of aromatic nitrogens is 3. The number of amides is 2. The van der Waals surface area contributed by atoms with Crippen molar-refractivity contribution in [1.29, 1.82) is 0 Å². The number of rotatable bonds is 1. The van der Waals surface area contributed by atoms with Crippen LogP contribution in [-0.2, 0) is 9.59 Å². The van der Waals surface area contributed by atoms with Crippen LogP contribution in [0.4, 0.5) is 5.69 Å². The Morgan fingerprint density at radius 1 is 1.30 bits per heavy atom. The van der Waals surface area contributed by atoms with Crippen LogP contribution >= 0.6 is 0 Å². The second-order valence-electron chi connectivity index (χ2n) is 4.58. The average Bonchev–Trinajstić information content (AvgIpc) is 2.40. The van der Waals surface area contributed by atoms with Crippen molar-refractivity contribution in [1.82, 2.24) is 20.3 Å². The molecule has 2 heterocycles. The molecule has 1 aliphatic rings. The molecule has 3 N–H and O–H groups in total. The molecule has 0 radical (unpaired) electrons. The Hall–Kier alpha value is -2.77. The number of carbonyl (C=O) groups is 2. The van der Waals surface area contributed by atoms with E-state index in [1.807, 2.05) is 0 Å². The van der Waals surface area contributed by atoms with Crippen molar-refractivity contribution in [3.8, 4) is 0 Å². The number of nitrogens with one attached hydrogen (secondary N) is 1. The van der Waals surface area contributed by atoms with Gasteiger partial charge in [-0.15, -0.1) is 5.10 Å². The molecule has 1 aliphatic heterocycles. The Morgan fingerprint density at radius 2 is 2.10 bits per heavy atom. The van der Waals surface area contributed by atoms with Crippen molar-refractivity contribution in [3.63, 3.8) is 0 Å². The maximum Gasteiger partial charge on any atom is 0.278 e. The lowest BCUT2D eigenvalue weighted by atomic mass is 10.1. The van der Waals surface area contributed by atoms with Crippen LogP contribution in [0, 0.1) is 0 Å². The summed E-state index contributed by atoms with van der Waals surface area (Å²) in [4.78, 5) is 35.2. The van der Waals surface area contributed by atoms with E-state index in [4.69, 9.17) is 5.73 Å². The zero-order chi connectivity index (χ0) is 14.3. The predicted molar refractivity (Wildman–Crippen MR) is 69.6 cm³/mol. The van der Waals surface area contributed by atoms with E-state index in [-0.39, 0.29) is 18.7 Å². The molecule has 8 nitrogen and oxygen atoms in total. The average molecular weight is 273 g/mol. The summed E-state index contributed by atoms with van der Waals surface area (Å²) < 4.78 is 1.01. The van der Waals surface area contributed by atoms with Gasteiger partial charge in [-0.1, -0.05) is 5.21 Å². The number of hydrogen-bond donors (Lipinski definition) is 2. The molecule has 0 bridgehead atoms. The fourth-order valence-corrected chi connectivity index (χ4v) is 2.19. The van der Waals surface area contributed by atoms with Gasteiger partial charge in [0.2, 0.25) is 5.91 Å². The molecule has 20 heavy (non-hydrogen) atoms. The minimum absolute atomic E-state index is 0.171. The summed E-state index contributed by atoms with van der Waals surface area (Å²) in [6, 6.07) is 3.86. The summed E-state index contributed by atoms with van der Waals surface area (Å²) in [6.45, 7) is 0. The van der Waals surface area contributed by atoms with E-state index >= 15 is 0 Å². The highest BCUT2D eigenvalue weighted by atomic mass is 16.2. The third-order valence-corrected chi connectivity index (χ3v) is 3.21. The highest BCUT2D eigenvalue weighted by molar-refractivity contribution is 5.99. The van der Waals surface area contributed by atoms with Gasteiger partial charge in [0.25, 0.3) is 11.5 Å². The number of benzene rings is 1. The fourth-order valence-electron chi connectivity index (χ4n) is 2.19. The first-order chi connectivity index (χ1) is 9.56. The Balaban J connectivity index is 2.11. The van der Waals surface area contributed by atoms with Crippen molar-refractivity contribution in [3.05, 3.63) is 28.6 Å². The molecule has 1 fully saturated rings. The van der Waals surface area contributed by atoms with E-state index in [0.717, 1.165) is 4.68 Å². The molecule has 2 amide bonds. The van der Waals surface area contributed by atoms with Gasteiger partial charge in [-0.25, -0.2) is 0 Å². The molecule has 102 valence electrons. The molecule has 1 unspecified atom stereocenters.